The second kappa shape index (κ2) is 4.66. The minimum absolute atomic E-state index is 0.119. The number of piperidine rings is 1. The van der Waals surface area contributed by atoms with Gasteiger partial charge in [0.15, 0.2) is 0 Å². The number of aryl methyl sites for hydroxylation is 2. The number of carbonyl (C=O) groups is 1. The van der Waals surface area contributed by atoms with Crippen molar-refractivity contribution in [3.05, 3.63) is 29.1 Å². The molecule has 1 aromatic rings. The van der Waals surface area contributed by atoms with Crippen molar-refractivity contribution in [1.82, 2.24) is 10.3 Å². The van der Waals surface area contributed by atoms with Crippen LogP contribution in [0.15, 0.2) is 12.3 Å². The van der Waals surface area contributed by atoms with E-state index in [1.807, 2.05) is 13.1 Å². The van der Waals surface area contributed by atoms with E-state index < -0.39 is 0 Å². The quantitative estimate of drug-likeness (QED) is 0.915. The fourth-order valence-corrected chi connectivity index (χ4v) is 3.95. The van der Waals surface area contributed by atoms with Gasteiger partial charge in [-0.2, -0.15) is 0 Å². The molecule has 20 heavy (non-hydrogen) atoms. The van der Waals surface area contributed by atoms with Crippen LogP contribution in [-0.4, -0.2) is 23.9 Å². The number of rotatable bonds is 4. The summed E-state index contributed by atoms with van der Waals surface area (Å²) in [6.07, 6.45) is 2.59. The van der Waals surface area contributed by atoms with Gasteiger partial charge in [0, 0.05) is 24.2 Å². The molecule has 0 radical (unpaired) electrons. The third-order valence-electron chi connectivity index (χ3n) is 5.06. The maximum absolute atomic E-state index is 12.5. The number of nitrogens with zero attached hydrogens (tertiary/aromatic N) is 1. The number of Topliss-reactive ketones (excluding diaryl/α,β-unsaturated/α-hetero) is 1. The van der Waals surface area contributed by atoms with Crippen LogP contribution in [0.3, 0.4) is 0 Å². The molecule has 2 aliphatic rings. The van der Waals surface area contributed by atoms with Crippen LogP contribution in [0.5, 0.6) is 0 Å². The molecule has 3 rings (SSSR count). The highest BCUT2D eigenvalue weighted by Crippen LogP contribution is 2.50. The van der Waals surface area contributed by atoms with Gasteiger partial charge in [0.05, 0.1) is 0 Å². The average molecular weight is 272 g/mol. The monoisotopic (exact) mass is 272 g/mol. The van der Waals surface area contributed by atoms with E-state index in [0.717, 1.165) is 18.8 Å². The second-order valence-corrected chi connectivity index (χ2v) is 7.18. The molecule has 108 valence electrons. The lowest BCUT2D eigenvalue weighted by molar-refractivity contribution is -0.122. The molecular weight excluding hydrogens is 248 g/mol. The first-order valence-electron chi connectivity index (χ1n) is 7.57. The van der Waals surface area contributed by atoms with E-state index in [-0.39, 0.29) is 5.41 Å². The van der Waals surface area contributed by atoms with Crippen molar-refractivity contribution in [1.29, 1.82) is 0 Å². The van der Waals surface area contributed by atoms with Crippen LogP contribution in [-0.2, 0) is 10.2 Å². The minimum Gasteiger partial charge on any atom is -0.316 e. The summed E-state index contributed by atoms with van der Waals surface area (Å²) >= 11 is 0. The summed E-state index contributed by atoms with van der Waals surface area (Å²) in [6.45, 7) is 10.5. The highest BCUT2D eigenvalue weighted by Gasteiger charge is 2.56. The summed E-state index contributed by atoms with van der Waals surface area (Å²) in [4.78, 5) is 16.9. The van der Waals surface area contributed by atoms with E-state index in [9.17, 15) is 4.79 Å². The number of fused-ring (bicyclic) bond motifs is 1. The van der Waals surface area contributed by atoms with E-state index in [2.05, 4.69) is 37.1 Å². The molecule has 1 saturated carbocycles. The van der Waals surface area contributed by atoms with Crippen LogP contribution in [0, 0.1) is 31.6 Å². The van der Waals surface area contributed by atoms with Crippen LogP contribution in [0.25, 0.3) is 0 Å². The Morgan fingerprint density at radius 2 is 2.00 bits per heavy atom. The Morgan fingerprint density at radius 1 is 1.35 bits per heavy atom. The smallest absolute Gasteiger partial charge is 0.137 e. The summed E-state index contributed by atoms with van der Waals surface area (Å²) < 4.78 is 0. The third kappa shape index (κ3) is 2.28. The van der Waals surface area contributed by atoms with Gasteiger partial charge < -0.3 is 5.32 Å². The van der Waals surface area contributed by atoms with Crippen LogP contribution in [0.4, 0.5) is 0 Å². The van der Waals surface area contributed by atoms with Gasteiger partial charge in [-0.05, 0) is 61.4 Å². The fraction of sp³-hybridized carbons (Fsp3) is 0.647. The van der Waals surface area contributed by atoms with Crippen LogP contribution < -0.4 is 5.32 Å². The highest BCUT2D eigenvalue weighted by atomic mass is 16.1. The zero-order chi connectivity index (χ0) is 14.5. The summed E-state index contributed by atoms with van der Waals surface area (Å²) in [7, 11) is 0. The van der Waals surface area contributed by atoms with E-state index in [0.29, 0.717) is 30.0 Å². The third-order valence-corrected chi connectivity index (χ3v) is 5.06. The Morgan fingerprint density at radius 3 is 2.60 bits per heavy atom. The Kier molecular flexibility index (Phi) is 3.20. The maximum atomic E-state index is 12.5. The Balaban J connectivity index is 1.73. The standard InChI is InChI=1S/C17H24N2O/c1-10-5-11(2)19-9-14(10)17(3,4)6-15(20)16-12-7-18-8-13(12)16/h5,9,12-13,16,18H,6-8H2,1-4H3/t12-,13+,16?. The van der Waals surface area contributed by atoms with E-state index >= 15 is 0 Å². The van der Waals surface area contributed by atoms with Crippen molar-refractivity contribution in [2.75, 3.05) is 13.1 Å². The number of pyridine rings is 1. The second-order valence-electron chi connectivity index (χ2n) is 7.18. The van der Waals surface area contributed by atoms with E-state index in [1.165, 1.54) is 11.1 Å². The van der Waals surface area contributed by atoms with Gasteiger partial charge in [0.2, 0.25) is 0 Å². The van der Waals surface area contributed by atoms with Crippen LogP contribution >= 0.6 is 0 Å². The molecular formula is C17H24N2O. The SMILES string of the molecule is Cc1cc(C)c(C(C)(C)CC(=O)C2[C@H]3CNC[C@@H]23)cn1. The zero-order valence-corrected chi connectivity index (χ0v) is 12.9. The van der Waals surface area contributed by atoms with Gasteiger partial charge in [-0.25, -0.2) is 0 Å². The van der Waals surface area contributed by atoms with Crippen molar-refractivity contribution >= 4 is 5.78 Å². The molecule has 0 amide bonds. The van der Waals surface area contributed by atoms with Gasteiger partial charge in [-0.3, -0.25) is 9.78 Å². The van der Waals surface area contributed by atoms with Gasteiger partial charge in [0.25, 0.3) is 0 Å². The molecule has 1 aromatic heterocycles. The fourth-order valence-electron chi connectivity index (χ4n) is 3.95. The molecule has 0 bridgehead atoms. The molecule has 0 aromatic carbocycles. The maximum Gasteiger partial charge on any atom is 0.137 e. The molecule has 1 unspecified atom stereocenters. The van der Waals surface area contributed by atoms with Crippen molar-refractivity contribution < 1.29 is 4.79 Å². The lowest BCUT2D eigenvalue weighted by Crippen LogP contribution is -2.27. The number of aromatic nitrogens is 1. The lowest BCUT2D eigenvalue weighted by atomic mass is 9.78. The molecule has 1 aliphatic carbocycles. The number of hydrogen-bond donors (Lipinski definition) is 1. The number of ketones is 1. The Bertz CT molecular complexity index is 540. The predicted molar refractivity (Wildman–Crippen MR) is 79.7 cm³/mol. The van der Waals surface area contributed by atoms with Gasteiger partial charge in [-0.1, -0.05) is 13.8 Å². The Labute approximate surface area is 121 Å². The topological polar surface area (TPSA) is 42.0 Å². The molecule has 1 aliphatic heterocycles. The average Bonchev–Trinajstić information content (AvgIpc) is 2.83. The van der Waals surface area contributed by atoms with E-state index in [1.54, 1.807) is 0 Å². The molecule has 0 spiro atoms. The molecule has 3 heteroatoms. The molecule has 2 heterocycles. The molecule has 3 nitrogen and oxygen atoms in total. The predicted octanol–water partition coefficient (Wildman–Crippen LogP) is 2.40. The minimum atomic E-state index is -0.119. The highest BCUT2D eigenvalue weighted by molar-refractivity contribution is 5.86. The van der Waals surface area contributed by atoms with Crippen molar-refractivity contribution in [2.24, 2.45) is 17.8 Å². The van der Waals surface area contributed by atoms with Crippen molar-refractivity contribution in [3.63, 3.8) is 0 Å². The molecule has 3 atom stereocenters. The van der Waals surface area contributed by atoms with Gasteiger partial charge in [-0.15, -0.1) is 0 Å². The normalized spacial score (nSPS) is 28.3. The van der Waals surface area contributed by atoms with Gasteiger partial charge >= 0.3 is 0 Å². The zero-order valence-electron chi connectivity index (χ0n) is 12.9. The summed E-state index contributed by atoms with van der Waals surface area (Å²) in [6, 6.07) is 2.11. The number of nitrogens with one attached hydrogen (secondary N) is 1. The van der Waals surface area contributed by atoms with Crippen LogP contribution in [0.2, 0.25) is 0 Å². The van der Waals surface area contributed by atoms with Crippen molar-refractivity contribution in [3.8, 4) is 0 Å². The first kappa shape index (κ1) is 13.7. The Hall–Kier alpha value is -1.22. The van der Waals surface area contributed by atoms with Crippen LogP contribution in [0.1, 0.15) is 37.1 Å². The number of hydrogen-bond acceptors (Lipinski definition) is 3. The largest absolute Gasteiger partial charge is 0.316 e. The molecule has 1 saturated heterocycles. The molecule has 2 fully saturated rings. The first-order valence-corrected chi connectivity index (χ1v) is 7.57. The van der Waals surface area contributed by atoms with Crippen molar-refractivity contribution in [2.45, 2.75) is 39.5 Å². The first-order chi connectivity index (χ1) is 9.40. The van der Waals surface area contributed by atoms with E-state index in [4.69, 9.17) is 0 Å². The molecule has 1 N–H and O–H groups in total. The van der Waals surface area contributed by atoms with Gasteiger partial charge in [0.1, 0.15) is 5.78 Å². The summed E-state index contributed by atoms with van der Waals surface area (Å²) in [5, 5.41) is 3.35. The summed E-state index contributed by atoms with van der Waals surface area (Å²) in [5.74, 6) is 2.02. The lowest BCUT2D eigenvalue weighted by Gasteiger charge is -2.26. The number of carbonyl (C=O) groups excluding carboxylic acids is 1. The summed E-state index contributed by atoms with van der Waals surface area (Å²) in [5.41, 5.74) is 3.37.